The number of likely N-dealkylation sites (N-methyl/N-ethyl adjacent to an activating group) is 1. The molecule has 122 valence electrons. The van der Waals surface area contributed by atoms with Crippen LogP contribution < -0.4 is 9.47 Å². The SMILES string of the molecule is COc1ccc2c3c1O[C@]1(C)[C@H](O)C=C[C@@H]4[C@@H](C2)N(C)CC[C@@]341. The van der Waals surface area contributed by atoms with E-state index >= 15 is 0 Å². The number of hydrogen-bond acceptors (Lipinski definition) is 4. The summed E-state index contributed by atoms with van der Waals surface area (Å²) in [5.74, 6) is 2.04. The van der Waals surface area contributed by atoms with Crippen LogP contribution >= 0.6 is 0 Å². The Kier molecular flexibility index (Phi) is 2.48. The molecule has 2 aliphatic carbocycles. The molecule has 5 rings (SSSR count). The van der Waals surface area contributed by atoms with Gasteiger partial charge in [0.25, 0.3) is 0 Å². The molecule has 1 spiro atoms. The lowest BCUT2D eigenvalue weighted by Crippen LogP contribution is -2.70. The standard InChI is InChI=1S/C19H23NO3/c1-18-15(21)7-5-12-13-10-11-4-6-14(22-3)17(23-18)16(11)19(12,18)8-9-20(13)2/h4-7,12-13,15,21H,8-10H2,1-3H3/t12-,13-,15-,18-,19+/m1/s1. The van der Waals surface area contributed by atoms with E-state index in [0.717, 1.165) is 30.9 Å². The molecule has 4 heteroatoms. The van der Waals surface area contributed by atoms with Crippen molar-refractivity contribution >= 4 is 0 Å². The van der Waals surface area contributed by atoms with Crippen LogP contribution in [0.3, 0.4) is 0 Å². The first-order chi connectivity index (χ1) is 11.0. The quantitative estimate of drug-likeness (QED) is 0.804. The molecule has 2 aliphatic heterocycles. The predicted octanol–water partition coefficient (Wildman–Crippen LogP) is 1.89. The van der Waals surface area contributed by atoms with Crippen LogP contribution in [0.1, 0.15) is 24.5 Å². The van der Waals surface area contributed by atoms with Gasteiger partial charge in [-0.15, -0.1) is 0 Å². The summed E-state index contributed by atoms with van der Waals surface area (Å²) in [7, 11) is 3.91. The van der Waals surface area contributed by atoms with Crippen LogP contribution in [0.4, 0.5) is 0 Å². The lowest BCUT2D eigenvalue weighted by atomic mass is 9.49. The fourth-order valence-corrected chi connectivity index (χ4v) is 5.77. The summed E-state index contributed by atoms with van der Waals surface area (Å²) in [5, 5.41) is 10.8. The van der Waals surface area contributed by atoms with E-state index in [1.165, 1.54) is 11.1 Å². The van der Waals surface area contributed by atoms with Crippen LogP contribution in [0.2, 0.25) is 0 Å². The molecule has 1 aromatic carbocycles. The summed E-state index contributed by atoms with van der Waals surface area (Å²) >= 11 is 0. The van der Waals surface area contributed by atoms with Gasteiger partial charge in [-0.25, -0.2) is 0 Å². The van der Waals surface area contributed by atoms with Gasteiger partial charge in [-0.3, -0.25) is 0 Å². The number of likely N-dealkylation sites (tertiary alicyclic amines) is 1. The Morgan fingerprint density at radius 1 is 1.35 bits per heavy atom. The van der Waals surface area contributed by atoms with Gasteiger partial charge in [0.15, 0.2) is 11.5 Å². The third-order valence-corrected chi connectivity index (χ3v) is 6.98. The average molecular weight is 313 g/mol. The minimum Gasteiger partial charge on any atom is -0.493 e. The molecule has 2 heterocycles. The average Bonchev–Trinajstić information content (AvgIpc) is 2.82. The maximum atomic E-state index is 10.8. The smallest absolute Gasteiger partial charge is 0.166 e. The first kappa shape index (κ1) is 13.9. The van der Waals surface area contributed by atoms with Crippen molar-refractivity contribution in [1.82, 2.24) is 4.90 Å². The number of ether oxygens (including phenoxy) is 2. The molecule has 0 amide bonds. The summed E-state index contributed by atoms with van der Waals surface area (Å²) in [5.41, 5.74) is 1.91. The lowest BCUT2D eigenvalue weighted by molar-refractivity contribution is -0.110. The molecule has 4 nitrogen and oxygen atoms in total. The lowest BCUT2D eigenvalue weighted by Gasteiger charge is -2.60. The van der Waals surface area contributed by atoms with Crippen molar-refractivity contribution in [3.63, 3.8) is 0 Å². The second-order valence-electron chi connectivity index (χ2n) is 7.67. The molecule has 1 saturated heterocycles. The van der Waals surface area contributed by atoms with E-state index in [2.05, 4.69) is 31.0 Å². The third-order valence-electron chi connectivity index (χ3n) is 6.98. The molecule has 0 saturated carbocycles. The van der Waals surface area contributed by atoms with Crippen LogP contribution in [0.25, 0.3) is 0 Å². The van der Waals surface area contributed by atoms with Gasteiger partial charge in [0.2, 0.25) is 0 Å². The Bertz CT molecular complexity index is 730. The van der Waals surface area contributed by atoms with Gasteiger partial charge in [-0.1, -0.05) is 18.2 Å². The Balaban J connectivity index is 1.87. The predicted molar refractivity (Wildman–Crippen MR) is 87.1 cm³/mol. The highest BCUT2D eigenvalue weighted by Crippen LogP contribution is 2.66. The minimum atomic E-state index is -0.613. The zero-order valence-corrected chi connectivity index (χ0v) is 13.9. The Morgan fingerprint density at radius 3 is 2.96 bits per heavy atom. The van der Waals surface area contributed by atoms with E-state index in [1.54, 1.807) is 7.11 Å². The molecule has 23 heavy (non-hydrogen) atoms. The van der Waals surface area contributed by atoms with Crippen molar-refractivity contribution in [2.24, 2.45) is 5.92 Å². The zero-order valence-electron chi connectivity index (χ0n) is 13.9. The van der Waals surface area contributed by atoms with E-state index in [9.17, 15) is 5.11 Å². The van der Waals surface area contributed by atoms with Crippen molar-refractivity contribution < 1.29 is 14.6 Å². The van der Waals surface area contributed by atoms with Gasteiger partial charge in [0.05, 0.1) is 12.5 Å². The van der Waals surface area contributed by atoms with E-state index < -0.39 is 11.7 Å². The highest BCUT2D eigenvalue weighted by atomic mass is 16.5. The summed E-state index contributed by atoms with van der Waals surface area (Å²) < 4.78 is 12.1. The van der Waals surface area contributed by atoms with E-state index in [4.69, 9.17) is 9.47 Å². The normalized spacial score (nSPS) is 43.0. The summed E-state index contributed by atoms with van der Waals surface area (Å²) in [6.07, 6.45) is 5.64. The Morgan fingerprint density at radius 2 is 2.17 bits per heavy atom. The monoisotopic (exact) mass is 313 g/mol. The van der Waals surface area contributed by atoms with Gasteiger partial charge < -0.3 is 19.5 Å². The van der Waals surface area contributed by atoms with Crippen LogP contribution in [-0.2, 0) is 11.8 Å². The van der Waals surface area contributed by atoms with Crippen LogP contribution in [0, 0.1) is 5.92 Å². The van der Waals surface area contributed by atoms with Crippen molar-refractivity contribution in [2.75, 3.05) is 20.7 Å². The summed E-state index contributed by atoms with van der Waals surface area (Å²) in [6.45, 7) is 3.13. The summed E-state index contributed by atoms with van der Waals surface area (Å²) in [4.78, 5) is 2.48. The van der Waals surface area contributed by atoms with E-state index in [0.29, 0.717) is 12.0 Å². The number of piperidine rings is 1. The number of nitrogens with zero attached hydrogens (tertiary/aromatic N) is 1. The van der Waals surface area contributed by atoms with Crippen molar-refractivity contribution in [3.8, 4) is 11.5 Å². The molecule has 1 fully saturated rings. The first-order valence-electron chi connectivity index (χ1n) is 8.49. The van der Waals surface area contributed by atoms with Gasteiger partial charge in [0, 0.05) is 17.5 Å². The van der Waals surface area contributed by atoms with Crippen molar-refractivity contribution in [2.45, 2.75) is 42.9 Å². The molecular formula is C19H23NO3. The molecule has 1 aromatic rings. The minimum absolute atomic E-state index is 0.143. The highest BCUT2D eigenvalue weighted by Gasteiger charge is 2.70. The van der Waals surface area contributed by atoms with Crippen LogP contribution in [0.5, 0.6) is 11.5 Å². The molecule has 4 aliphatic rings. The Labute approximate surface area is 136 Å². The molecule has 0 unspecified atom stereocenters. The number of methoxy groups -OCH3 is 1. The molecule has 5 atom stereocenters. The second-order valence-corrected chi connectivity index (χ2v) is 7.67. The molecule has 2 bridgehead atoms. The van der Waals surface area contributed by atoms with Crippen LogP contribution in [-0.4, -0.2) is 48.5 Å². The van der Waals surface area contributed by atoms with Gasteiger partial charge in [-0.2, -0.15) is 0 Å². The van der Waals surface area contributed by atoms with Crippen LogP contribution in [0.15, 0.2) is 24.3 Å². The first-order valence-corrected chi connectivity index (χ1v) is 8.49. The zero-order chi connectivity index (χ0) is 16.0. The number of aliphatic hydroxyl groups is 1. The number of aliphatic hydroxyl groups excluding tert-OH is 1. The van der Waals surface area contributed by atoms with Crippen molar-refractivity contribution in [1.29, 1.82) is 0 Å². The fourth-order valence-electron chi connectivity index (χ4n) is 5.77. The molecule has 0 aromatic heterocycles. The highest BCUT2D eigenvalue weighted by molar-refractivity contribution is 5.63. The van der Waals surface area contributed by atoms with Crippen molar-refractivity contribution in [3.05, 3.63) is 35.4 Å². The molecule has 0 radical (unpaired) electrons. The number of benzene rings is 1. The van der Waals surface area contributed by atoms with Gasteiger partial charge in [-0.05, 0) is 45.0 Å². The van der Waals surface area contributed by atoms with Gasteiger partial charge in [0.1, 0.15) is 11.7 Å². The third kappa shape index (κ3) is 1.33. The van der Waals surface area contributed by atoms with Gasteiger partial charge >= 0.3 is 0 Å². The maximum absolute atomic E-state index is 10.8. The molecular weight excluding hydrogens is 290 g/mol. The summed E-state index contributed by atoms with van der Waals surface area (Å²) in [6, 6.07) is 4.69. The van der Waals surface area contributed by atoms with E-state index in [1.807, 2.05) is 12.1 Å². The Hall–Kier alpha value is -1.52. The fraction of sp³-hybridized carbons (Fsp3) is 0.579. The van der Waals surface area contributed by atoms with E-state index in [-0.39, 0.29) is 5.41 Å². The number of hydrogen-bond donors (Lipinski definition) is 1. The molecule has 1 N–H and O–H groups in total. The second kappa shape index (κ2) is 4.11. The largest absolute Gasteiger partial charge is 0.493 e. The maximum Gasteiger partial charge on any atom is 0.166 e. The number of rotatable bonds is 1. The topological polar surface area (TPSA) is 41.9 Å².